The summed E-state index contributed by atoms with van der Waals surface area (Å²) in [6.07, 6.45) is 0.946. The molecule has 1 aromatic heterocycles. The minimum absolute atomic E-state index is 0.294. The number of rotatable bonds is 13. The van der Waals surface area contributed by atoms with Gasteiger partial charge in [0.1, 0.15) is 12.4 Å². The Morgan fingerprint density at radius 3 is 2.41 bits per heavy atom. The van der Waals surface area contributed by atoms with Gasteiger partial charge in [0, 0.05) is 95.1 Å². The summed E-state index contributed by atoms with van der Waals surface area (Å²) in [7, 11) is 3.45. The van der Waals surface area contributed by atoms with E-state index in [9.17, 15) is 0 Å². The average molecular weight is 701 g/mol. The molecule has 0 radical (unpaired) electrons. The number of fused-ring (bicyclic) bond motifs is 2. The van der Waals surface area contributed by atoms with E-state index >= 15 is 0 Å². The van der Waals surface area contributed by atoms with Gasteiger partial charge >= 0.3 is 0 Å². The zero-order valence-corrected chi connectivity index (χ0v) is 29.8. The fourth-order valence-electron chi connectivity index (χ4n) is 6.28. The van der Waals surface area contributed by atoms with Gasteiger partial charge in [-0.3, -0.25) is 4.90 Å². The monoisotopic (exact) mass is 700 g/mol. The van der Waals surface area contributed by atoms with Crippen LogP contribution in [-0.4, -0.2) is 95.9 Å². The number of methoxy groups -OCH3 is 2. The molecule has 2 saturated heterocycles. The second-order valence-electron chi connectivity index (χ2n) is 12.3. The normalized spacial score (nSPS) is 16.8. The van der Waals surface area contributed by atoms with Crippen molar-refractivity contribution in [3.63, 3.8) is 0 Å². The van der Waals surface area contributed by atoms with Crippen molar-refractivity contribution in [3.8, 4) is 22.9 Å². The van der Waals surface area contributed by atoms with E-state index in [0.29, 0.717) is 31.7 Å². The molecule has 7 rings (SSSR count). The van der Waals surface area contributed by atoms with Gasteiger partial charge in [-0.15, -0.1) is 0 Å². The summed E-state index contributed by atoms with van der Waals surface area (Å²) in [6.45, 7) is 8.76. The van der Waals surface area contributed by atoms with Crippen molar-refractivity contribution in [2.45, 2.75) is 38.7 Å². The molecule has 3 aromatic carbocycles. The Labute approximate surface area is 297 Å². The van der Waals surface area contributed by atoms with Crippen LogP contribution >= 0.6 is 23.5 Å². The number of morpholine rings is 2. The van der Waals surface area contributed by atoms with Gasteiger partial charge in [-0.1, -0.05) is 47.8 Å². The quantitative estimate of drug-likeness (QED) is 0.139. The van der Waals surface area contributed by atoms with Crippen LogP contribution in [0.2, 0.25) is 0 Å². The van der Waals surface area contributed by atoms with Crippen molar-refractivity contribution in [3.05, 3.63) is 78.4 Å². The minimum atomic E-state index is 0.294. The standard InChI is InChI=1S/C38H44N4O5S2/c1-43-17-12-29(25-41-13-18-45-19-14-41)39-28-8-11-34-36(22-28)48-35-5-3-4-32(38(35)49-34)33-23-30(42-15-20-46-21-16-42)24-37(40-33)47-26-27-6-9-31(44-2)10-7-27/h3-11,22-24,29,39H,12-21,25-26H2,1-2H3. The first-order chi connectivity index (χ1) is 24.1. The minimum Gasteiger partial charge on any atom is -0.497 e. The van der Waals surface area contributed by atoms with Crippen LogP contribution in [0, 0.1) is 0 Å². The van der Waals surface area contributed by atoms with Crippen LogP contribution in [-0.2, 0) is 20.8 Å². The van der Waals surface area contributed by atoms with Crippen molar-refractivity contribution >= 4 is 34.9 Å². The van der Waals surface area contributed by atoms with Gasteiger partial charge in [0.2, 0.25) is 5.88 Å². The molecule has 2 fully saturated rings. The number of anilines is 2. The third kappa shape index (κ3) is 8.65. The summed E-state index contributed by atoms with van der Waals surface area (Å²) < 4.78 is 28.3. The topological polar surface area (TPSA) is 77.6 Å². The zero-order chi connectivity index (χ0) is 33.4. The molecule has 3 aliphatic heterocycles. The maximum Gasteiger partial charge on any atom is 0.216 e. The molecule has 1 N–H and O–H groups in total. The summed E-state index contributed by atoms with van der Waals surface area (Å²) in [4.78, 5) is 14.9. The van der Waals surface area contributed by atoms with E-state index in [1.165, 1.54) is 19.6 Å². The number of ether oxygens (including phenoxy) is 5. The largest absolute Gasteiger partial charge is 0.497 e. The molecule has 0 saturated carbocycles. The first kappa shape index (κ1) is 34.0. The summed E-state index contributed by atoms with van der Waals surface area (Å²) >= 11 is 3.64. The van der Waals surface area contributed by atoms with Crippen molar-refractivity contribution < 1.29 is 23.7 Å². The summed E-state index contributed by atoms with van der Waals surface area (Å²) in [5.74, 6) is 1.43. The van der Waals surface area contributed by atoms with Crippen LogP contribution in [0.4, 0.5) is 11.4 Å². The third-order valence-electron chi connectivity index (χ3n) is 8.96. The fourth-order valence-corrected chi connectivity index (χ4v) is 8.69. The summed E-state index contributed by atoms with van der Waals surface area (Å²) in [6, 6.07) is 25.8. The molecule has 49 heavy (non-hydrogen) atoms. The van der Waals surface area contributed by atoms with Crippen LogP contribution in [0.25, 0.3) is 11.3 Å². The van der Waals surface area contributed by atoms with Gasteiger partial charge < -0.3 is 33.9 Å². The fraction of sp³-hybridized carbons (Fsp3) is 0.395. The number of nitrogens with one attached hydrogen (secondary N) is 1. The molecule has 1 atom stereocenters. The maximum atomic E-state index is 6.33. The van der Waals surface area contributed by atoms with E-state index in [1.54, 1.807) is 14.2 Å². The molecule has 0 amide bonds. The molecule has 11 heteroatoms. The van der Waals surface area contributed by atoms with E-state index in [2.05, 4.69) is 63.6 Å². The molecular formula is C38H44N4O5S2. The highest BCUT2D eigenvalue weighted by Gasteiger charge is 2.24. The second kappa shape index (κ2) is 16.5. The van der Waals surface area contributed by atoms with Crippen LogP contribution in [0.15, 0.2) is 92.4 Å². The van der Waals surface area contributed by atoms with Crippen molar-refractivity contribution in [1.82, 2.24) is 9.88 Å². The Kier molecular flexibility index (Phi) is 11.5. The van der Waals surface area contributed by atoms with E-state index in [0.717, 1.165) is 92.9 Å². The van der Waals surface area contributed by atoms with Crippen molar-refractivity contribution in [2.75, 3.05) is 90.2 Å². The molecular weight excluding hydrogens is 657 g/mol. The number of nitrogens with zero attached hydrogens (tertiary/aromatic N) is 3. The lowest BCUT2D eigenvalue weighted by Gasteiger charge is -2.31. The Morgan fingerprint density at radius 2 is 1.63 bits per heavy atom. The SMILES string of the molecule is COCCC(CN1CCOCC1)Nc1ccc2c(c1)Sc1cccc(-c3cc(N4CCOCC4)cc(OCc4ccc(OC)cc4)n3)c1S2. The molecule has 0 bridgehead atoms. The van der Waals surface area contributed by atoms with Gasteiger partial charge in [-0.2, -0.15) is 0 Å². The van der Waals surface area contributed by atoms with Gasteiger partial charge in [-0.05, 0) is 54.4 Å². The molecule has 0 aliphatic carbocycles. The van der Waals surface area contributed by atoms with Crippen LogP contribution in [0.5, 0.6) is 11.6 Å². The van der Waals surface area contributed by atoms with Crippen LogP contribution in [0.1, 0.15) is 12.0 Å². The summed E-state index contributed by atoms with van der Waals surface area (Å²) in [5.41, 5.74) is 5.31. The average Bonchev–Trinajstić information content (AvgIpc) is 3.16. The smallest absolute Gasteiger partial charge is 0.216 e. The van der Waals surface area contributed by atoms with Crippen molar-refractivity contribution in [2.24, 2.45) is 0 Å². The van der Waals surface area contributed by atoms with Gasteiger partial charge in [0.15, 0.2) is 0 Å². The molecule has 0 spiro atoms. The maximum absolute atomic E-state index is 6.33. The molecule has 1 unspecified atom stereocenters. The number of aromatic nitrogens is 1. The Bertz CT molecular complexity index is 1700. The first-order valence-electron chi connectivity index (χ1n) is 16.9. The first-order valence-corrected chi connectivity index (χ1v) is 18.6. The Morgan fingerprint density at radius 1 is 0.837 bits per heavy atom. The van der Waals surface area contributed by atoms with E-state index in [-0.39, 0.29) is 0 Å². The zero-order valence-electron chi connectivity index (χ0n) is 28.2. The Hall–Kier alpha value is -3.45. The van der Waals surface area contributed by atoms with E-state index in [1.807, 2.05) is 47.8 Å². The van der Waals surface area contributed by atoms with Crippen molar-refractivity contribution in [1.29, 1.82) is 0 Å². The van der Waals surface area contributed by atoms with Crippen LogP contribution < -0.4 is 19.7 Å². The number of pyridine rings is 1. The predicted octanol–water partition coefficient (Wildman–Crippen LogP) is 6.94. The van der Waals surface area contributed by atoms with Gasteiger partial charge in [0.05, 0.1) is 39.2 Å². The lowest BCUT2D eigenvalue weighted by molar-refractivity contribution is 0.0347. The third-order valence-corrected chi connectivity index (χ3v) is 11.6. The number of hydrogen-bond acceptors (Lipinski definition) is 11. The van der Waals surface area contributed by atoms with Crippen LogP contribution in [0.3, 0.4) is 0 Å². The second-order valence-corrected chi connectivity index (χ2v) is 14.5. The lowest BCUT2D eigenvalue weighted by Crippen LogP contribution is -2.43. The molecule has 258 valence electrons. The highest BCUT2D eigenvalue weighted by molar-refractivity contribution is 8.05. The molecule has 4 aromatic rings. The van der Waals surface area contributed by atoms with Gasteiger partial charge in [-0.25, -0.2) is 4.98 Å². The number of hydrogen-bond donors (Lipinski definition) is 1. The highest BCUT2D eigenvalue weighted by Crippen LogP contribution is 2.52. The number of benzene rings is 3. The molecule has 4 heterocycles. The predicted molar refractivity (Wildman–Crippen MR) is 196 cm³/mol. The summed E-state index contributed by atoms with van der Waals surface area (Å²) in [5, 5.41) is 3.82. The molecule has 3 aliphatic rings. The highest BCUT2D eigenvalue weighted by atomic mass is 32.2. The Balaban J connectivity index is 1.12. The van der Waals surface area contributed by atoms with E-state index < -0.39 is 0 Å². The molecule has 9 nitrogen and oxygen atoms in total. The van der Waals surface area contributed by atoms with Gasteiger partial charge in [0.25, 0.3) is 0 Å². The lowest BCUT2D eigenvalue weighted by atomic mass is 10.1. The van der Waals surface area contributed by atoms with E-state index in [4.69, 9.17) is 28.7 Å².